The predicted molar refractivity (Wildman–Crippen MR) is 122 cm³/mol. The van der Waals surface area contributed by atoms with E-state index >= 15 is 0 Å². The number of nitro groups is 1. The SMILES string of the molecule is N[C@]1(c2cc(Br)ccn2)CCCC[C@H]1N[C@H]1CCCN(c2ccc([N+](=O)[O-])cc2)C1. The summed E-state index contributed by atoms with van der Waals surface area (Å²) in [6, 6.07) is 11.3. The first-order valence-corrected chi connectivity index (χ1v) is 11.4. The van der Waals surface area contributed by atoms with E-state index in [0.29, 0.717) is 6.04 Å². The largest absolute Gasteiger partial charge is 0.370 e. The molecule has 8 heteroatoms. The highest BCUT2D eigenvalue weighted by atomic mass is 79.9. The second kappa shape index (κ2) is 8.99. The van der Waals surface area contributed by atoms with Gasteiger partial charge < -0.3 is 16.0 Å². The lowest BCUT2D eigenvalue weighted by atomic mass is 9.75. The van der Waals surface area contributed by atoms with Crippen LogP contribution in [0.1, 0.15) is 44.2 Å². The van der Waals surface area contributed by atoms with Gasteiger partial charge in [0.15, 0.2) is 0 Å². The molecule has 3 atom stereocenters. The van der Waals surface area contributed by atoms with Crippen molar-refractivity contribution in [2.75, 3.05) is 18.0 Å². The number of benzene rings is 1. The van der Waals surface area contributed by atoms with Crippen LogP contribution < -0.4 is 16.0 Å². The molecule has 160 valence electrons. The molecule has 1 aliphatic heterocycles. The van der Waals surface area contributed by atoms with Crippen molar-refractivity contribution in [2.24, 2.45) is 5.73 Å². The molecule has 1 saturated carbocycles. The molecule has 3 N–H and O–H groups in total. The third-order valence-corrected chi connectivity index (χ3v) is 6.93. The van der Waals surface area contributed by atoms with Crippen LogP contribution in [0.3, 0.4) is 0 Å². The van der Waals surface area contributed by atoms with Crippen molar-refractivity contribution in [3.05, 3.63) is 62.9 Å². The first-order valence-electron chi connectivity index (χ1n) is 10.6. The first kappa shape index (κ1) is 21.2. The van der Waals surface area contributed by atoms with E-state index in [9.17, 15) is 10.1 Å². The number of nitrogens with one attached hydrogen (secondary N) is 1. The van der Waals surface area contributed by atoms with Gasteiger partial charge in [-0.15, -0.1) is 0 Å². The average molecular weight is 474 g/mol. The molecule has 0 bridgehead atoms. The Balaban J connectivity index is 1.47. The Morgan fingerprint density at radius 3 is 2.73 bits per heavy atom. The number of pyridine rings is 1. The number of nitrogens with two attached hydrogens (primary N) is 1. The molecule has 0 unspecified atom stereocenters. The summed E-state index contributed by atoms with van der Waals surface area (Å²) in [5, 5.41) is 14.8. The zero-order valence-corrected chi connectivity index (χ0v) is 18.6. The molecule has 4 rings (SSSR count). The van der Waals surface area contributed by atoms with Crippen molar-refractivity contribution in [1.29, 1.82) is 0 Å². The minimum atomic E-state index is -0.475. The molecular formula is C22H28BrN5O2. The molecule has 30 heavy (non-hydrogen) atoms. The number of rotatable bonds is 5. The molecular weight excluding hydrogens is 446 g/mol. The average Bonchev–Trinajstić information content (AvgIpc) is 2.76. The summed E-state index contributed by atoms with van der Waals surface area (Å²) in [6.45, 7) is 1.83. The van der Waals surface area contributed by atoms with Gasteiger partial charge in [-0.25, -0.2) is 0 Å². The van der Waals surface area contributed by atoms with Crippen molar-refractivity contribution in [2.45, 2.75) is 56.1 Å². The van der Waals surface area contributed by atoms with Crippen molar-refractivity contribution in [3.63, 3.8) is 0 Å². The van der Waals surface area contributed by atoms with Crippen molar-refractivity contribution < 1.29 is 4.92 Å². The second-order valence-corrected chi connectivity index (χ2v) is 9.34. The third-order valence-electron chi connectivity index (χ3n) is 6.44. The van der Waals surface area contributed by atoms with E-state index in [4.69, 9.17) is 5.73 Å². The third kappa shape index (κ3) is 4.50. The van der Waals surface area contributed by atoms with E-state index < -0.39 is 5.54 Å². The molecule has 0 spiro atoms. The van der Waals surface area contributed by atoms with Crippen LogP contribution in [-0.2, 0) is 5.54 Å². The molecule has 1 aromatic heterocycles. The van der Waals surface area contributed by atoms with Gasteiger partial charge in [0, 0.05) is 53.7 Å². The number of piperidine rings is 1. The lowest BCUT2D eigenvalue weighted by Crippen LogP contribution is -2.61. The van der Waals surface area contributed by atoms with E-state index in [1.807, 2.05) is 30.5 Å². The fourth-order valence-electron chi connectivity index (χ4n) is 4.81. The van der Waals surface area contributed by atoms with E-state index in [1.165, 1.54) is 6.42 Å². The van der Waals surface area contributed by atoms with Crippen LogP contribution in [-0.4, -0.2) is 35.1 Å². The summed E-state index contributed by atoms with van der Waals surface area (Å²) in [5.41, 5.74) is 8.60. The number of hydrogen-bond acceptors (Lipinski definition) is 6. The minimum absolute atomic E-state index is 0.127. The number of nitrogens with zero attached hydrogens (tertiary/aromatic N) is 3. The summed E-state index contributed by atoms with van der Waals surface area (Å²) < 4.78 is 1.00. The summed E-state index contributed by atoms with van der Waals surface area (Å²) in [7, 11) is 0. The number of aromatic nitrogens is 1. The molecule has 1 aliphatic carbocycles. The van der Waals surface area contributed by atoms with Gasteiger partial charge in [0.2, 0.25) is 0 Å². The molecule has 2 aliphatic rings. The van der Waals surface area contributed by atoms with E-state index in [-0.39, 0.29) is 16.7 Å². The van der Waals surface area contributed by atoms with Crippen LogP contribution in [0.5, 0.6) is 0 Å². The number of non-ortho nitro benzene ring substituents is 1. The van der Waals surface area contributed by atoms with Gasteiger partial charge >= 0.3 is 0 Å². The summed E-state index contributed by atoms with van der Waals surface area (Å²) >= 11 is 3.55. The molecule has 1 saturated heterocycles. The van der Waals surface area contributed by atoms with Gasteiger partial charge in [0.25, 0.3) is 5.69 Å². The van der Waals surface area contributed by atoms with Gasteiger partial charge in [0.1, 0.15) is 0 Å². The number of halogens is 1. The monoisotopic (exact) mass is 473 g/mol. The molecule has 0 amide bonds. The highest BCUT2D eigenvalue weighted by Gasteiger charge is 2.41. The zero-order valence-electron chi connectivity index (χ0n) is 17.0. The highest BCUT2D eigenvalue weighted by Crippen LogP contribution is 2.36. The molecule has 2 fully saturated rings. The minimum Gasteiger partial charge on any atom is -0.370 e. The zero-order chi connectivity index (χ0) is 21.1. The van der Waals surface area contributed by atoms with E-state index in [2.05, 4.69) is 31.1 Å². The second-order valence-electron chi connectivity index (χ2n) is 8.42. The Bertz CT molecular complexity index is 893. The fourth-order valence-corrected chi connectivity index (χ4v) is 5.15. The Morgan fingerprint density at radius 2 is 2.00 bits per heavy atom. The quantitative estimate of drug-likeness (QED) is 0.500. The number of anilines is 1. The maximum Gasteiger partial charge on any atom is 0.269 e. The van der Waals surface area contributed by atoms with Gasteiger partial charge in [-0.2, -0.15) is 0 Å². The van der Waals surface area contributed by atoms with Gasteiger partial charge in [-0.1, -0.05) is 28.8 Å². The van der Waals surface area contributed by atoms with Crippen molar-refractivity contribution >= 4 is 27.3 Å². The Kier molecular flexibility index (Phi) is 6.36. The summed E-state index contributed by atoms with van der Waals surface area (Å²) in [6.07, 6.45) is 8.24. The van der Waals surface area contributed by atoms with Gasteiger partial charge in [-0.3, -0.25) is 15.1 Å². The predicted octanol–water partition coefficient (Wildman–Crippen LogP) is 4.11. The number of nitro benzene ring substituents is 1. The van der Waals surface area contributed by atoms with E-state index in [1.54, 1.807) is 12.1 Å². The fraction of sp³-hybridized carbons (Fsp3) is 0.500. The molecule has 0 radical (unpaired) electrons. The lowest BCUT2D eigenvalue weighted by Gasteiger charge is -2.45. The van der Waals surface area contributed by atoms with Crippen LogP contribution in [0.25, 0.3) is 0 Å². The lowest BCUT2D eigenvalue weighted by molar-refractivity contribution is -0.384. The normalized spacial score (nSPS) is 27.1. The standard InChI is InChI=1S/C22H28BrN5O2/c23-16-10-12-25-21(14-16)22(24)11-2-1-5-20(22)26-17-4-3-13-27(15-17)18-6-8-19(9-7-18)28(29)30/h6-10,12,14,17,20,26H,1-5,11,13,15,24H2/t17-,20+,22+/m0/s1. The van der Waals surface area contributed by atoms with Crippen molar-refractivity contribution in [1.82, 2.24) is 10.3 Å². The van der Waals surface area contributed by atoms with Crippen molar-refractivity contribution in [3.8, 4) is 0 Å². The van der Waals surface area contributed by atoms with Crippen LogP contribution >= 0.6 is 15.9 Å². The Morgan fingerprint density at radius 1 is 1.20 bits per heavy atom. The summed E-state index contributed by atoms with van der Waals surface area (Å²) in [5.74, 6) is 0. The summed E-state index contributed by atoms with van der Waals surface area (Å²) in [4.78, 5) is 17.5. The topological polar surface area (TPSA) is 97.3 Å². The Labute approximate surface area is 185 Å². The van der Waals surface area contributed by atoms with Gasteiger partial charge in [-0.05, 0) is 49.9 Å². The Hall–Kier alpha value is -2.03. The number of hydrogen-bond donors (Lipinski definition) is 2. The first-order chi connectivity index (χ1) is 14.5. The van der Waals surface area contributed by atoms with E-state index in [0.717, 1.165) is 61.0 Å². The van der Waals surface area contributed by atoms with Gasteiger partial charge in [0.05, 0.1) is 16.2 Å². The molecule has 7 nitrogen and oxygen atoms in total. The molecule has 2 heterocycles. The van der Waals surface area contributed by atoms with Crippen LogP contribution in [0.2, 0.25) is 0 Å². The van der Waals surface area contributed by atoms with Crippen LogP contribution in [0.15, 0.2) is 47.1 Å². The maximum atomic E-state index is 10.9. The highest BCUT2D eigenvalue weighted by molar-refractivity contribution is 9.10. The molecule has 1 aromatic carbocycles. The maximum absolute atomic E-state index is 10.9. The van der Waals surface area contributed by atoms with Crippen LogP contribution in [0.4, 0.5) is 11.4 Å². The molecule has 2 aromatic rings. The smallest absolute Gasteiger partial charge is 0.269 e. The van der Waals surface area contributed by atoms with Crippen LogP contribution in [0, 0.1) is 10.1 Å².